The number of hydrogen-bond donors (Lipinski definition) is 3. The Morgan fingerprint density at radius 3 is 2.93 bits per heavy atom. The van der Waals surface area contributed by atoms with Gasteiger partial charge in [-0.05, 0) is 6.42 Å². The summed E-state index contributed by atoms with van der Waals surface area (Å²) in [5.41, 5.74) is 0.297. The second-order valence-electron chi connectivity index (χ2n) is 2.88. The Labute approximate surface area is 86.0 Å². The molecule has 0 aromatic carbocycles. The molecule has 0 spiro atoms. The number of carbonyl (C=O) groups excluding carboxylic acids is 1. The summed E-state index contributed by atoms with van der Waals surface area (Å²) < 4.78 is 0. The summed E-state index contributed by atoms with van der Waals surface area (Å²) in [6.07, 6.45) is 4.33. The maximum Gasteiger partial charge on any atom is 0.326 e. The topological polar surface area (TPSA) is 95.1 Å². The maximum absolute atomic E-state index is 11.4. The van der Waals surface area contributed by atoms with Crippen LogP contribution >= 0.6 is 0 Å². The third-order valence-electron chi connectivity index (χ3n) is 1.77. The van der Waals surface area contributed by atoms with Gasteiger partial charge in [-0.25, -0.2) is 4.79 Å². The van der Waals surface area contributed by atoms with Gasteiger partial charge in [0.1, 0.15) is 6.04 Å². The molecule has 6 nitrogen and oxygen atoms in total. The third kappa shape index (κ3) is 2.94. The van der Waals surface area contributed by atoms with Crippen molar-refractivity contribution in [1.29, 1.82) is 0 Å². The number of rotatable bonds is 5. The number of amides is 1. The van der Waals surface area contributed by atoms with Crippen molar-refractivity contribution in [2.45, 2.75) is 12.5 Å². The molecule has 0 aliphatic carbocycles. The average molecular weight is 209 g/mol. The number of carboxylic acids is 1. The van der Waals surface area contributed by atoms with Gasteiger partial charge in [-0.2, -0.15) is 5.10 Å². The summed E-state index contributed by atoms with van der Waals surface area (Å²) in [4.78, 5) is 22.1. The number of carboxylic acid groups (broad SMARTS) is 1. The van der Waals surface area contributed by atoms with E-state index in [1.165, 1.54) is 18.5 Å². The van der Waals surface area contributed by atoms with Crippen LogP contribution in [0, 0.1) is 0 Å². The Morgan fingerprint density at radius 1 is 1.73 bits per heavy atom. The van der Waals surface area contributed by atoms with E-state index in [9.17, 15) is 9.59 Å². The number of nitrogens with one attached hydrogen (secondary N) is 2. The lowest BCUT2D eigenvalue weighted by atomic mass is 10.2. The third-order valence-corrected chi connectivity index (χ3v) is 1.77. The maximum atomic E-state index is 11.4. The number of carbonyl (C=O) groups is 2. The Bertz CT molecular complexity index is 359. The molecule has 0 saturated heterocycles. The number of aliphatic carboxylic acids is 1. The van der Waals surface area contributed by atoms with Crippen molar-refractivity contribution in [3.8, 4) is 0 Å². The van der Waals surface area contributed by atoms with Gasteiger partial charge in [0.25, 0.3) is 5.91 Å². The summed E-state index contributed by atoms with van der Waals surface area (Å²) in [5.74, 6) is -1.57. The fraction of sp³-hybridized carbons (Fsp3) is 0.222. The Kier molecular flexibility index (Phi) is 3.61. The zero-order valence-electron chi connectivity index (χ0n) is 7.93. The van der Waals surface area contributed by atoms with Crippen LogP contribution in [0.2, 0.25) is 0 Å². The summed E-state index contributed by atoms with van der Waals surface area (Å²) in [6.45, 7) is 3.42. The van der Waals surface area contributed by atoms with Crippen molar-refractivity contribution in [1.82, 2.24) is 15.5 Å². The molecule has 0 radical (unpaired) electrons. The van der Waals surface area contributed by atoms with Gasteiger partial charge < -0.3 is 10.4 Å². The van der Waals surface area contributed by atoms with E-state index in [0.717, 1.165) is 0 Å². The molecule has 1 atom stereocenters. The molecule has 0 bridgehead atoms. The van der Waals surface area contributed by atoms with Crippen molar-refractivity contribution in [3.63, 3.8) is 0 Å². The Hall–Kier alpha value is -2.11. The molecule has 0 aliphatic heterocycles. The molecule has 3 N–H and O–H groups in total. The average Bonchev–Trinajstić information content (AvgIpc) is 2.69. The van der Waals surface area contributed by atoms with Gasteiger partial charge >= 0.3 is 5.97 Å². The van der Waals surface area contributed by atoms with Crippen molar-refractivity contribution < 1.29 is 14.7 Å². The molecule has 1 aromatic heterocycles. The smallest absolute Gasteiger partial charge is 0.326 e. The van der Waals surface area contributed by atoms with Gasteiger partial charge in [-0.1, -0.05) is 6.08 Å². The van der Waals surface area contributed by atoms with Crippen molar-refractivity contribution in [2.75, 3.05) is 0 Å². The van der Waals surface area contributed by atoms with Crippen molar-refractivity contribution in [3.05, 3.63) is 30.6 Å². The minimum absolute atomic E-state index is 0.179. The summed E-state index contributed by atoms with van der Waals surface area (Å²) in [5, 5.41) is 17.2. The molecule has 0 aliphatic rings. The van der Waals surface area contributed by atoms with E-state index in [1.807, 2.05) is 0 Å². The molecule has 1 aromatic rings. The highest BCUT2D eigenvalue weighted by Gasteiger charge is 2.19. The lowest BCUT2D eigenvalue weighted by Gasteiger charge is -2.11. The van der Waals surface area contributed by atoms with Crippen LogP contribution in [0.1, 0.15) is 16.8 Å². The number of aromatic nitrogens is 2. The highest BCUT2D eigenvalue weighted by atomic mass is 16.4. The lowest BCUT2D eigenvalue weighted by molar-refractivity contribution is -0.139. The predicted octanol–water partition coefficient (Wildman–Crippen LogP) is 0.169. The molecule has 0 fully saturated rings. The zero-order valence-corrected chi connectivity index (χ0v) is 7.93. The van der Waals surface area contributed by atoms with Crippen LogP contribution in [0.25, 0.3) is 0 Å². The highest BCUT2D eigenvalue weighted by molar-refractivity contribution is 5.96. The molecule has 1 rings (SSSR count). The first-order valence-electron chi connectivity index (χ1n) is 4.28. The molecule has 6 heteroatoms. The number of aromatic amines is 1. The Balaban J connectivity index is 2.62. The van der Waals surface area contributed by atoms with Gasteiger partial charge in [0.05, 0.1) is 11.8 Å². The minimum Gasteiger partial charge on any atom is -0.480 e. The standard InChI is InChI=1S/C9H11N3O3/c1-2-3-7(9(14)15)12-8(13)6-4-10-11-5-6/h2,4-5,7H,1,3H2,(H,10,11)(H,12,13)(H,14,15). The highest BCUT2D eigenvalue weighted by Crippen LogP contribution is 1.98. The van der Waals surface area contributed by atoms with Crippen LogP contribution < -0.4 is 5.32 Å². The fourth-order valence-electron chi connectivity index (χ4n) is 1.00. The summed E-state index contributed by atoms with van der Waals surface area (Å²) >= 11 is 0. The molecular weight excluding hydrogens is 198 g/mol. The summed E-state index contributed by atoms with van der Waals surface area (Å²) in [6, 6.07) is -0.954. The first kappa shape index (κ1) is 11.0. The predicted molar refractivity (Wildman–Crippen MR) is 52.3 cm³/mol. The number of nitrogens with zero attached hydrogens (tertiary/aromatic N) is 1. The fourth-order valence-corrected chi connectivity index (χ4v) is 1.00. The van der Waals surface area contributed by atoms with Crippen LogP contribution in [0.15, 0.2) is 25.0 Å². The van der Waals surface area contributed by atoms with E-state index in [1.54, 1.807) is 0 Å². The van der Waals surface area contributed by atoms with E-state index < -0.39 is 17.9 Å². The molecule has 1 amide bonds. The first-order valence-corrected chi connectivity index (χ1v) is 4.28. The van der Waals surface area contributed by atoms with E-state index in [4.69, 9.17) is 5.11 Å². The SMILES string of the molecule is C=CCC(NC(=O)c1cn[nH]c1)C(=O)O. The van der Waals surface area contributed by atoms with E-state index in [-0.39, 0.29) is 6.42 Å². The molecule has 15 heavy (non-hydrogen) atoms. The molecular formula is C9H11N3O3. The molecule has 1 heterocycles. The van der Waals surface area contributed by atoms with E-state index >= 15 is 0 Å². The van der Waals surface area contributed by atoms with Gasteiger partial charge in [0.15, 0.2) is 0 Å². The van der Waals surface area contributed by atoms with Crippen molar-refractivity contribution in [2.24, 2.45) is 0 Å². The monoisotopic (exact) mass is 209 g/mol. The van der Waals surface area contributed by atoms with Gasteiger partial charge in [0, 0.05) is 6.20 Å². The normalized spacial score (nSPS) is 11.7. The molecule has 80 valence electrons. The van der Waals surface area contributed by atoms with Crippen LogP contribution in [0.5, 0.6) is 0 Å². The lowest BCUT2D eigenvalue weighted by Crippen LogP contribution is -2.40. The van der Waals surface area contributed by atoms with Crippen molar-refractivity contribution >= 4 is 11.9 Å². The molecule has 0 saturated carbocycles. The largest absolute Gasteiger partial charge is 0.480 e. The number of hydrogen-bond acceptors (Lipinski definition) is 3. The van der Waals surface area contributed by atoms with Crippen LogP contribution in [-0.2, 0) is 4.79 Å². The van der Waals surface area contributed by atoms with Gasteiger partial charge in [0.2, 0.25) is 0 Å². The van der Waals surface area contributed by atoms with E-state index in [0.29, 0.717) is 5.56 Å². The summed E-state index contributed by atoms with van der Waals surface area (Å²) in [7, 11) is 0. The molecule has 1 unspecified atom stereocenters. The Morgan fingerprint density at radius 2 is 2.47 bits per heavy atom. The van der Waals surface area contributed by atoms with Crippen LogP contribution in [0.3, 0.4) is 0 Å². The quantitative estimate of drug-likeness (QED) is 0.602. The van der Waals surface area contributed by atoms with Gasteiger partial charge in [-0.15, -0.1) is 6.58 Å². The second-order valence-corrected chi connectivity index (χ2v) is 2.88. The zero-order chi connectivity index (χ0) is 11.3. The second kappa shape index (κ2) is 4.94. The first-order chi connectivity index (χ1) is 7.15. The number of H-pyrrole nitrogens is 1. The van der Waals surface area contributed by atoms with E-state index in [2.05, 4.69) is 22.1 Å². The minimum atomic E-state index is -1.09. The van der Waals surface area contributed by atoms with Crippen LogP contribution in [0.4, 0.5) is 0 Å². The van der Waals surface area contributed by atoms with Gasteiger partial charge in [-0.3, -0.25) is 9.89 Å². The van der Waals surface area contributed by atoms with Crippen LogP contribution in [-0.4, -0.2) is 33.2 Å².